The molecule has 1 amide bonds. The monoisotopic (exact) mass is 327 g/mol. The summed E-state index contributed by atoms with van der Waals surface area (Å²) in [5.41, 5.74) is 3.33. The average Bonchev–Trinajstić information content (AvgIpc) is 3.11. The minimum atomic E-state index is -0.419. The first-order valence-corrected chi connectivity index (χ1v) is 8.55. The van der Waals surface area contributed by atoms with Gasteiger partial charge < -0.3 is 14.6 Å². The Kier molecular flexibility index (Phi) is 5.00. The average molecular weight is 327 g/mol. The molecule has 1 aliphatic heterocycles. The van der Waals surface area contributed by atoms with Crippen LogP contribution in [0.2, 0.25) is 0 Å². The second-order valence-corrected chi connectivity index (χ2v) is 6.47. The Balaban J connectivity index is 1.84. The number of amides is 1. The van der Waals surface area contributed by atoms with E-state index in [1.54, 1.807) is 14.0 Å². The molecule has 5 heteroatoms. The minimum Gasteiger partial charge on any atom is -0.372 e. The third kappa shape index (κ3) is 3.36. The Bertz CT molecular complexity index is 693. The van der Waals surface area contributed by atoms with E-state index in [1.807, 2.05) is 11.1 Å². The maximum Gasteiger partial charge on any atom is 0.252 e. The number of hydrogen-bond acceptors (Lipinski definition) is 3. The van der Waals surface area contributed by atoms with Crippen LogP contribution in [0, 0.1) is 6.92 Å². The summed E-state index contributed by atoms with van der Waals surface area (Å²) in [6.07, 6.45) is 4.51. The topological polar surface area (TPSA) is 58.2 Å². The van der Waals surface area contributed by atoms with Crippen LogP contribution in [0.15, 0.2) is 30.5 Å². The Morgan fingerprint density at radius 1 is 1.33 bits per heavy atom. The van der Waals surface area contributed by atoms with Crippen molar-refractivity contribution in [2.75, 3.05) is 13.7 Å². The number of carbonyl (C=O) groups excluding carboxylic acids is 1. The molecule has 2 heterocycles. The number of hydrogen-bond donors (Lipinski definition) is 1. The van der Waals surface area contributed by atoms with Crippen molar-refractivity contribution in [1.82, 2.24) is 14.9 Å². The van der Waals surface area contributed by atoms with Gasteiger partial charge in [0.05, 0.1) is 17.9 Å². The van der Waals surface area contributed by atoms with Gasteiger partial charge >= 0.3 is 0 Å². The molecule has 0 saturated carbocycles. The lowest BCUT2D eigenvalue weighted by Crippen LogP contribution is -2.44. The summed E-state index contributed by atoms with van der Waals surface area (Å²) in [5, 5.41) is 0. The summed E-state index contributed by atoms with van der Waals surface area (Å²) >= 11 is 0. The van der Waals surface area contributed by atoms with Gasteiger partial charge in [-0.05, 0) is 38.7 Å². The summed E-state index contributed by atoms with van der Waals surface area (Å²) in [5.74, 6) is 0.900. The van der Waals surface area contributed by atoms with Gasteiger partial charge in [0.2, 0.25) is 0 Å². The van der Waals surface area contributed by atoms with Crippen molar-refractivity contribution in [3.63, 3.8) is 0 Å². The van der Waals surface area contributed by atoms with E-state index in [0.717, 1.165) is 42.9 Å². The lowest BCUT2D eigenvalue weighted by Gasteiger charge is -2.35. The summed E-state index contributed by atoms with van der Waals surface area (Å²) < 4.78 is 5.21. The van der Waals surface area contributed by atoms with Gasteiger partial charge in [-0.15, -0.1) is 0 Å². The van der Waals surface area contributed by atoms with Gasteiger partial charge in [-0.2, -0.15) is 0 Å². The molecule has 2 atom stereocenters. The quantitative estimate of drug-likeness (QED) is 0.935. The lowest BCUT2D eigenvalue weighted by atomic mass is 10.0. The van der Waals surface area contributed by atoms with Crippen molar-refractivity contribution in [2.45, 2.75) is 45.3 Å². The van der Waals surface area contributed by atoms with Crippen LogP contribution in [0.25, 0.3) is 11.3 Å². The largest absolute Gasteiger partial charge is 0.372 e. The number of piperidine rings is 1. The van der Waals surface area contributed by atoms with Crippen LogP contribution >= 0.6 is 0 Å². The lowest BCUT2D eigenvalue weighted by molar-refractivity contribution is -0.145. The van der Waals surface area contributed by atoms with Crippen molar-refractivity contribution in [1.29, 1.82) is 0 Å². The normalized spacial score (nSPS) is 19.3. The number of aromatic amines is 1. The highest BCUT2D eigenvalue weighted by atomic mass is 16.5. The molecule has 128 valence electrons. The van der Waals surface area contributed by atoms with Crippen LogP contribution in [0.1, 0.15) is 43.6 Å². The second kappa shape index (κ2) is 7.18. The molecule has 0 spiro atoms. The Morgan fingerprint density at radius 3 is 2.79 bits per heavy atom. The molecular formula is C19H25N3O2. The molecule has 24 heavy (non-hydrogen) atoms. The summed E-state index contributed by atoms with van der Waals surface area (Å²) in [6, 6.07) is 8.36. The zero-order valence-electron chi connectivity index (χ0n) is 14.6. The highest BCUT2D eigenvalue weighted by Gasteiger charge is 2.32. The first-order chi connectivity index (χ1) is 11.6. The molecule has 5 nitrogen and oxygen atoms in total. The summed E-state index contributed by atoms with van der Waals surface area (Å²) in [7, 11) is 1.57. The highest BCUT2D eigenvalue weighted by molar-refractivity contribution is 5.81. The molecule has 0 bridgehead atoms. The molecule has 2 unspecified atom stereocenters. The van der Waals surface area contributed by atoms with Crippen molar-refractivity contribution in [2.24, 2.45) is 0 Å². The van der Waals surface area contributed by atoms with Gasteiger partial charge in [0.25, 0.3) is 5.91 Å². The number of rotatable bonds is 4. The highest BCUT2D eigenvalue weighted by Crippen LogP contribution is 2.31. The van der Waals surface area contributed by atoms with Crippen molar-refractivity contribution in [3.05, 3.63) is 41.9 Å². The maximum absolute atomic E-state index is 12.6. The van der Waals surface area contributed by atoms with E-state index < -0.39 is 6.10 Å². The van der Waals surface area contributed by atoms with Crippen LogP contribution in [-0.4, -0.2) is 40.5 Å². The first kappa shape index (κ1) is 16.7. The van der Waals surface area contributed by atoms with E-state index >= 15 is 0 Å². The molecule has 0 aliphatic carbocycles. The van der Waals surface area contributed by atoms with Crippen LogP contribution in [0.3, 0.4) is 0 Å². The third-order valence-electron chi connectivity index (χ3n) is 4.76. The molecule has 1 saturated heterocycles. The predicted octanol–water partition coefficient (Wildman–Crippen LogP) is 3.47. The fourth-order valence-corrected chi connectivity index (χ4v) is 3.20. The van der Waals surface area contributed by atoms with Crippen LogP contribution < -0.4 is 0 Å². The third-order valence-corrected chi connectivity index (χ3v) is 4.76. The van der Waals surface area contributed by atoms with Gasteiger partial charge in [-0.25, -0.2) is 4.98 Å². The number of aromatic nitrogens is 2. The zero-order valence-corrected chi connectivity index (χ0v) is 14.6. The van der Waals surface area contributed by atoms with E-state index in [4.69, 9.17) is 4.74 Å². The van der Waals surface area contributed by atoms with E-state index in [1.165, 1.54) is 5.56 Å². The number of ether oxygens (including phenoxy) is 1. The molecule has 1 aliphatic rings. The SMILES string of the molecule is COC(C)C(=O)N1CCCCC1c1ncc(-c2ccc(C)cc2)[nH]1. The smallest absolute Gasteiger partial charge is 0.252 e. The van der Waals surface area contributed by atoms with Crippen LogP contribution in [0.4, 0.5) is 0 Å². The number of imidazole rings is 1. The maximum atomic E-state index is 12.6. The van der Waals surface area contributed by atoms with Crippen LogP contribution in [0.5, 0.6) is 0 Å². The van der Waals surface area contributed by atoms with Crippen molar-refractivity contribution < 1.29 is 9.53 Å². The molecule has 2 aromatic rings. The van der Waals surface area contributed by atoms with E-state index in [-0.39, 0.29) is 11.9 Å². The van der Waals surface area contributed by atoms with Gasteiger partial charge in [-0.3, -0.25) is 4.79 Å². The number of nitrogens with zero attached hydrogens (tertiary/aromatic N) is 2. The second-order valence-electron chi connectivity index (χ2n) is 6.47. The predicted molar refractivity (Wildman–Crippen MR) is 93.5 cm³/mol. The Labute approximate surface area is 143 Å². The molecule has 1 fully saturated rings. The molecule has 0 radical (unpaired) electrons. The number of carbonyl (C=O) groups is 1. The van der Waals surface area contributed by atoms with E-state index in [2.05, 4.69) is 41.2 Å². The molecular weight excluding hydrogens is 302 g/mol. The van der Waals surface area contributed by atoms with Gasteiger partial charge in [0.1, 0.15) is 11.9 Å². The summed E-state index contributed by atoms with van der Waals surface area (Å²) in [6.45, 7) is 4.64. The molecule has 1 N–H and O–H groups in total. The Morgan fingerprint density at radius 2 is 2.08 bits per heavy atom. The number of aryl methyl sites for hydroxylation is 1. The van der Waals surface area contributed by atoms with Gasteiger partial charge in [-0.1, -0.05) is 29.8 Å². The Hall–Kier alpha value is -2.14. The zero-order chi connectivity index (χ0) is 17.1. The fraction of sp³-hybridized carbons (Fsp3) is 0.474. The fourth-order valence-electron chi connectivity index (χ4n) is 3.20. The number of methoxy groups -OCH3 is 1. The van der Waals surface area contributed by atoms with Crippen molar-refractivity contribution >= 4 is 5.91 Å². The number of H-pyrrole nitrogens is 1. The number of nitrogens with one attached hydrogen (secondary N) is 1. The number of benzene rings is 1. The van der Waals surface area contributed by atoms with Crippen molar-refractivity contribution in [3.8, 4) is 11.3 Å². The van der Waals surface area contributed by atoms with E-state index in [9.17, 15) is 4.79 Å². The van der Waals surface area contributed by atoms with Gasteiger partial charge in [0, 0.05) is 13.7 Å². The van der Waals surface area contributed by atoms with Crippen LogP contribution in [-0.2, 0) is 9.53 Å². The standard InChI is InChI=1S/C19H25N3O2/c1-13-7-9-15(10-8-13)16-12-20-18(21-16)17-6-4-5-11-22(17)19(23)14(2)24-3/h7-10,12,14,17H,4-6,11H2,1-3H3,(H,20,21). The number of likely N-dealkylation sites (tertiary alicyclic amines) is 1. The minimum absolute atomic E-state index is 0.00282. The van der Waals surface area contributed by atoms with E-state index in [0.29, 0.717) is 0 Å². The van der Waals surface area contributed by atoms with Gasteiger partial charge in [0.15, 0.2) is 0 Å². The molecule has 1 aromatic heterocycles. The molecule has 1 aromatic carbocycles. The molecule has 3 rings (SSSR count). The first-order valence-electron chi connectivity index (χ1n) is 8.55. The summed E-state index contributed by atoms with van der Waals surface area (Å²) in [4.78, 5) is 22.5.